The zero-order valence-corrected chi connectivity index (χ0v) is 16.5. The van der Waals surface area contributed by atoms with Gasteiger partial charge in [0, 0.05) is 6.54 Å². The summed E-state index contributed by atoms with van der Waals surface area (Å²) in [6, 6.07) is 4.45. The Bertz CT molecular complexity index is 1020. The average Bonchev–Trinajstić information content (AvgIpc) is 2.65. The lowest BCUT2D eigenvalue weighted by Crippen LogP contribution is -2.31. The molecule has 2 aromatic rings. The number of nitrogens with two attached hydrogens (primary N) is 1. The first kappa shape index (κ1) is 23.2. The maximum Gasteiger partial charge on any atom is 0.573 e. The lowest BCUT2D eigenvalue weighted by Gasteiger charge is -2.14. The van der Waals surface area contributed by atoms with Gasteiger partial charge in [0.2, 0.25) is 15.7 Å². The van der Waals surface area contributed by atoms with Crippen molar-refractivity contribution in [1.82, 2.24) is 10.3 Å². The minimum absolute atomic E-state index is 0.0886. The number of hydrogen-bond acceptors (Lipinski definition) is 8. The maximum absolute atomic E-state index is 12.9. The molecule has 0 spiro atoms. The number of methoxy groups -OCH3 is 1. The second-order valence-electron chi connectivity index (χ2n) is 6.02. The highest BCUT2D eigenvalue weighted by Gasteiger charge is 2.32. The molecule has 0 aliphatic rings. The number of halogens is 3. The number of nitrogens with zero attached hydrogens (tertiary/aromatic N) is 1. The number of ether oxygens (including phenoxy) is 2. The average molecular weight is 449 g/mol. The number of alkyl halides is 3. The number of aliphatic hydroxyl groups excluding tert-OH is 1. The number of sulfone groups is 1. The topological polar surface area (TPSA) is 141 Å². The van der Waals surface area contributed by atoms with E-state index < -0.39 is 44.7 Å². The summed E-state index contributed by atoms with van der Waals surface area (Å²) in [6.45, 7) is 1.35. The molecule has 2 rings (SSSR count). The standard InChI is InChI=1S/C17H18F3N3O6S/c1-9(24)8-22-15(25)14-12(21)7-13(16(23-14)28-2)30(26,27)11-5-3-10(4-6-11)29-17(18,19)20/h3-7,9,24H,8,21H2,1-2H3,(H,22,25)/t9-/m0/s1. The third kappa shape index (κ3) is 5.51. The number of rotatable bonds is 7. The molecule has 0 unspecified atom stereocenters. The molecular formula is C17H18F3N3O6S. The van der Waals surface area contributed by atoms with Crippen LogP contribution < -0.4 is 20.5 Å². The van der Waals surface area contributed by atoms with Crippen molar-refractivity contribution in [3.05, 3.63) is 36.0 Å². The molecule has 0 fully saturated rings. The molecule has 0 radical (unpaired) electrons. The van der Waals surface area contributed by atoms with Crippen LogP contribution in [0.4, 0.5) is 18.9 Å². The van der Waals surface area contributed by atoms with Crippen molar-refractivity contribution in [2.45, 2.75) is 29.2 Å². The predicted octanol–water partition coefficient (Wildman–Crippen LogP) is 1.51. The third-order valence-electron chi connectivity index (χ3n) is 3.61. The minimum Gasteiger partial charge on any atom is -0.480 e. The van der Waals surface area contributed by atoms with E-state index >= 15 is 0 Å². The van der Waals surface area contributed by atoms with Gasteiger partial charge in [0.05, 0.1) is 23.8 Å². The highest BCUT2D eigenvalue weighted by Crippen LogP contribution is 2.32. The van der Waals surface area contributed by atoms with E-state index in [1.807, 2.05) is 0 Å². The van der Waals surface area contributed by atoms with Crippen LogP contribution in [-0.2, 0) is 9.84 Å². The molecule has 0 aliphatic heterocycles. The SMILES string of the molecule is COc1nc(C(=O)NC[C@H](C)O)c(N)cc1S(=O)(=O)c1ccc(OC(F)(F)F)cc1. The normalized spacial score (nSPS) is 12.9. The minimum atomic E-state index is -4.92. The Morgan fingerprint density at radius 2 is 1.90 bits per heavy atom. The second-order valence-corrected chi connectivity index (χ2v) is 7.93. The van der Waals surface area contributed by atoms with Crippen LogP contribution in [0.25, 0.3) is 0 Å². The lowest BCUT2D eigenvalue weighted by molar-refractivity contribution is -0.274. The number of pyridine rings is 1. The van der Waals surface area contributed by atoms with Crippen LogP contribution in [0.5, 0.6) is 11.6 Å². The fourth-order valence-electron chi connectivity index (χ4n) is 2.28. The highest BCUT2D eigenvalue weighted by molar-refractivity contribution is 7.91. The first-order valence-electron chi connectivity index (χ1n) is 8.27. The summed E-state index contributed by atoms with van der Waals surface area (Å²) in [5.74, 6) is -1.80. The van der Waals surface area contributed by atoms with Gasteiger partial charge in [-0.05, 0) is 37.3 Å². The summed E-state index contributed by atoms with van der Waals surface area (Å²) in [5.41, 5.74) is 5.17. The first-order chi connectivity index (χ1) is 13.8. The van der Waals surface area contributed by atoms with Crippen molar-refractivity contribution in [2.75, 3.05) is 19.4 Å². The van der Waals surface area contributed by atoms with Gasteiger partial charge in [-0.25, -0.2) is 13.4 Å². The van der Waals surface area contributed by atoms with Crippen molar-refractivity contribution >= 4 is 21.4 Å². The summed E-state index contributed by atoms with van der Waals surface area (Å²) >= 11 is 0. The molecule has 4 N–H and O–H groups in total. The van der Waals surface area contributed by atoms with Gasteiger partial charge < -0.3 is 25.6 Å². The number of nitrogens with one attached hydrogen (secondary N) is 1. The monoisotopic (exact) mass is 449 g/mol. The van der Waals surface area contributed by atoms with Crippen LogP contribution in [0.3, 0.4) is 0 Å². The van der Waals surface area contributed by atoms with Gasteiger partial charge in [-0.3, -0.25) is 4.79 Å². The number of nitrogen functional groups attached to an aromatic ring is 1. The number of aromatic nitrogens is 1. The number of carbonyl (C=O) groups excluding carboxylic acids is 1. The molecular weight excluding hydrogens is 431 g/mol. The van der Waals surface area contributed by atoms with E-state index in [1.165, 1.54) is 6.92 Å². The summed E-state index contributed by atoms with van der Waals surface area (Å²) in [6.07, 6.45) is -5.76. The van der Waals surface area contributed by atoms with Gasteiger partial charge in [-0.2, -0.15) is 0 Å². The molecule has 0 saturated carbocycles. The Labute approximate surface area is 169 Å². The van der Waals surface area contributed by atoms with E-state index in [1.54, 1.807) is 0 Å². The largest absolute Gasteiger partial charge is 0.573 e. The number of aliphatic hydroxyl groups is 1. The molecule has 0 saturated heterocycles. The number of carbonyl (C=O) groups is 1. The number of hydrogen-bond donors (Lipinski definition) is 3. The van der Waals surface area contributed by atoms with Crippen molar-refractivity contribution in [3.63, 3.8) is 0 Å². The van der Waals surface area contributed by atoms with Gasteiger partial charge in [-0.1, -0.05) is 0 Å². The Balaban J connectivity index is 2.42. The Morgan fingerprint density at radius 1 is 1.30 bits per heavy atom. The van der Waals surface area contributed by atoms with E-state index in [0.29, 0.717) is 0 Å². The first-order valence-corrected chi connectivity index (χ1v) is 9.75. The van der Waals surface area contributed by atoms with Gasteiger partial charge in [0.1, 0.15) is 10.6 Å². The summed E-state index contributed by atoms with van der Waals surface area (Å²) in [4.78, 5) is 15.1. The summed E-state index contributed by atoms with van der Waals surface area (Å²) in [7, 11) is -3.19. The van der Waals surface area contributed by atoms with E-state index in [-0.39, 0.29) is 22.8 Å². The maximum atomic E-state index is 12.9. The molecule has 1 aromatic carbocycles. The number of amides is 1. The van der Waals surface area contributed by atoms with Gasteiger partial charge >= 0.3 is 6.36 Å². The smallest absolute Gasteiger partial charge is 0.480 e. The van der Waals surface area contributed by atoms with Gasteiger partial charge in [-0.15, -0.1) is 13.2 Å². The van der Waals surface area contributed by atoms with Crippen molar-refractivity contribution in [2.24, 2.45) is 0 Å². The van der Waals surface area contributed by atoms with Crippen molar-refractivity contribution < 1.29 is 41.0 Å². The molecule has 1 amide bonds. The summed E-state index contributed by atoms with van der Waals surface area (Å²) in [5, 5.41) is 11.6. The Kier molecular flexibility index (Phi) is 6.77. The molecule has 9 nitrogen and oxygen atoms in total. The fourth-order valence-corrected chi connectivity index (χ4v) is 3.67. The predicted molar refractivity (Wildman–Crippen MR) is 97.8 cm³/mol. The zero-order valence-electron chi connectivity index (χ0n) is 15.7. The molecule has 0 aliphatic carbocycles. The van der Waals surface area contributed by atoms with Crippen LogP contribution in [-0.4, -0.2) is 50.5 Å². The number of anilines is 1. The van der Waals surface area contributed by atoms with Crippen LogP contribution >= 0.6 is 0 Å². The lowest BCUT2D eigenvalue weighted by atomic mass is 10.2. The molecule has 1 heterocycles. The second kappa shape index (κ2) is 8.75. The van der Waals surface area contributed by atoms with Crippen LogP contribution in [0.2, 0.25) is 0 Å². The van der Waals surface area contributed by atoms with Gasteiger partial charge in [0.25, 0.3) is 5.91 Å². The van der Waals surface area contributed by atoms with E-state index in [2.05, 4.69) is 15.0 Å². The Hall–Kier alpha value is -3.06. The Morgan fingerprint density at radius 3 is 2.40 bits per heavy atom. The van der Waals surface area contributed by atoms with E-state index in [0.717, 1.165) is 37.4 Å². The van der Waals surface area contributed by atoms with E-state index in [4.69, 9.17) is 10.5 Å². The van der Waals surface area contributed by atoms with Gasteiger partial charge in [0.15, 0.2) is 5.69 Å². The van der Waals surface area contributed by atoms with Crippen LogP contribution in [0, 0.1) is 0 Å². The molecule has 30 heavy (non-hydrogen) atoms. The molecule has 13 heteroatoms. The zero-order chi connectivity index (χ0) is 22.7. The summed E-state index contributed by atoms with van der Waals surface area (Å²) < 4.78 is 71.2. The van der Waals surface area contributed by atoms with E-state index in [9.17, 15) is 31.5 Å². The van der Waals surface area contributed by atoms with Crippen molar-refractivity contribution in [3.8, 4) is 11.6 Å². The van der Waals surface area contributed by atoms with Crippen LogP contribution in [0.1, 0.15) is 17.4 Å². The molecule has 0 bridgehead atoms. The third-order valence-corrected chi connectivity index (χ3v) is 5.37. The van der Waals surface area contributed by atoms with Crippen molar-refractivity contribution in [1.29, 1.82) is 0 Å². The molecule has 1 atom stereocenters. The van der Waals surface area contributed by atoms with Crippen LogP contribution in [0.15, 0.2) is 40.1 Å². The quantitative estimate of drug-likeness (QED) is 0.578. The fraction of sp³-hybridized carbons (Fsp3) is 0.294. The number of benzene rings is 1. The highest BCUT2D eigenvalue weighted by atomic mass is 32.2. The molecule has 164 valence electrons. The molecule has 1 aromatic heterocycles.